The summed E-state index contributed by atoms with van der Waals surface area (Å²) in [5, 5.41) is 5.68. The monoisotopic (exact) mass is 758 g/mol. The lowest BCUT2D eigenvalue weighted by Crippen LogP contribution is -2.37. The summed E-state index contributed by atoms with van der Waals surface area (Å²) in [6.45, 7) is 4.59. The first kappa shape index (κ1) is 37.3. The molecule has 18 nitrogen and oxygen atoms in total. The van der Waals surface area contributed by atoms with Crippen molar-refractivity contribution in [2.75, 3.05) is 50.1 Å². The number of ether oxygens (including phenoxy) is 2. The number of nitrogens with zero attached hydrogens (tertiary/aromatic N) is 8. The van der Waals surface area contributed by atoms with Crippen molar-refractivity contribution < 1.29 is 28.7 Å². The number of amides is 4. The van der Waals surface area contributed by atoms with Crippen molar-refractivity contribution in [2.45, 2.75) is 19.5 Å². The third-order valence-corrected chi connectivity index (χ3v) is 8.98. The number of nitrogens with two attached hydrogens (primary N) is 2. The molecule has 6 aromatic rings. The molecule has 56 heavy (non-hydrogen) atoms. The minimum Gasteiger partial charge on any atom is -0.491 e. The Kier molecular flexibility index (Phi) is 11.3. The highest BCUT2D eigenvalue weighted by atomic mass is 16.5. The van der Waals surface area contributed by atoms with Gasteiger partial charge in [-0.25, -0.2) is 15.0 Å². The second kappa shape index (κ2) is 17.0. The normalized spacial score (nSPS) is 13.3. The number of allylic oxidation sites excluding steroid dienone is 2. The number of imidazole rings is 2. The molecule has 1 aromatic carbocycles. The van der Waals surface area contributed by atoms with E-state index in [1.54, 1.807) is 57.9 Å². The van der Waals surface area contributed by atoms with Crippen LogP contribution in [0.25, 0.3) is 22.2 Å². The third kappa shape index (κ3) is 8.51. The molecule has 1 aliphatic rings. The van der Waals surface area contributed by atoms with Crippen LogP contribution in [0.15, 0.2) is 85.6 Å². The summed E-state index contributed by atoms with van der Waals surface area (Å²) in [4.78, 5) is 74.8. The molecule has 6 heterocycles. The van der Waals surface area contributed by atoms with Gasteiger partial charge in [-0.05, 0) is 48.9 Å². The number of hydrogen-bond donors (Lipinski definition) is 4. The summed E-state index contributed by atoms with van der Waals surface area (Å²) in [5.41, 5.74) is 13.9. The van der Waals surface area contributed by atoms with E-state index in [0.29, 0.717) is 65.3 Å². The number of aromatic nitrogens is 7. The molecule has 1 saturated heterocycles. The van der Waals surface area contributed by atoms with E-state index in [0.717, 1.165) is 19.6 Å². The zero-order chi connectivity index (χ0) is 39.0. The summed E-state index contributed by atoms with van der Waals surface area (Å²) in [6, 6.07) is 11.2. The Morgan fingerprint density at radius 1 is 0.768 bits per heavy atom. The molecule has 4 amide bonds. The lowest BCUT2D eigenvalue weighted by molar-refractivity contribution is 0.0358. The first-order valence-corrected chi connectivity index (χ1v) is 17.8. The van der Waals surface area contributed by atoms with Crippen LogP contribution in [0.5, 0.6) is 5.75 Å². The van der Waals surface area contributed by atoms with Gasteiger partial charge in [0, 0.05) is 69.3 Å². The topological polar surface area (TPSA) is 240 Å². The molecule has 5 aromatic heterocycles. The van der Waals surface area contributed by atoms with Gasteiger partial charge in [-0.2, -0.15) is 0 Å². The number of pyridine rings is 3. The summed E-state index contributed by atoms with van der Waals surface area (Å²) in [7, 11) is 0. The summed E-state index contributed by atoms with van der Waals surface area (Å²) in [6.07, 6.45) is 11.7. The molecule has 1 fully saturated rings. The van der Waals surface area contributed by atoms with Crippen LogP contribution in [-0.2, 0) is 17.8 Å². The number of benzene rings is 1. The van der Waals surface area contributed by atoms with Gasteiger partial charge in [0.15, 0.2) is 5.65 Å². The van der Waals surface area contributed by atoms with Gasteiger partial charge in [-0.1, -0.05) is 12.2 Å². The molecule has 0 spiro atoms. The maximum Gasteiger partial charge on any atom is 0.259 e. The van der Waals surface area contributed by atoms with Gasteiger partial charge in [-0.3, -0.25) is 49.2 Å². The average molecular weight is 759 g/mol. The van der Waals surface area contributed by atoms with Crippen molar-refractivity contribution >= 4 is 57.7 Å². The molecule has 18 heteroatoms. The van der Waals surface area contributed by atoms with E-state index in [4.69, 9.17) is 25.9 Å². The molecule has 0 radical (unpaired) electrons. The van der Waals surface area contributed by atoms with Crippen molar-refractivity contribution in [3.8, 4) is 5.75 Å². The second-order valence-corrected chi connectivity index (χ2v) is 12.7. The lowest BCUT2D eigenvalue weighted by Gasteiger charge is -2.26. The first-order valence-electron chi connectivity index (χ1n) is 17.8. The molecule has 0 saturated carbocycles. The number of anilines is 2. The highest BCUT2D eigenvalue weighted by Gasteiger charge is 2.21. The van der Waals surface area contributed by atoms with Gasteiger partial charge >= 0.3 is 0 Å². The number of fused-ring (bicyclic) bond motifs is 2. The predicted octanol–water partition coefficient (Wildman–Crippen LogP) is 2.63. The summed E-state index contributed by atoms with van der Waals surface area (Å²) in [5.74, 6) is -1.47. The van der Waals surface area contributed by atoms with Crippen LogP contribution in [0, 0.1) is 0 Å². The standard InChI is InChI=1S/C38H38N12O6/c39-32(51)26-18-28-31(30(20-26)56-15-5-10-48-13-16-55-17-14-48)49(37(44-28)46-35(53)24-6-3-8-41-21-24)11-1-2-12-50-34-29(19-27(23-43-34)33(40)52)45-38(50)47-36(54)25-7-4-9-42-22-25/h1-4,6-9,18-23H,5,10-17H2,(H2,39,51)(H2,40,52)(H,44,46,53)(H,45,47,54). The fourth-order valence-corrected chi connectivity index (χ4v) is 6.17. The minimum absolute atomic E-state index is 0.161. The average Bonchev–Trinajstić information content (AvgIpc) is 3.74. The molecular formula is C38H38N12O6. The van der Waals surface area contributed by atoms with Gasteiger partial charge in [0.1, 0.15) is 16.8 Å². The lowest BCUT2D eigenvalue weighted by atomic mass is 10.1. The fourth-order valence-electron chi connectivity index (χ4n) is 6.17. The SMILES string of the molecule is NC(=O)c1cnc2c(c1)nc(NC(=O)c1cccnc1)n2CC=CCn1c(NC(=O)c2cccnc2)nc2cc(C(N)=O)cc(OCCCN3CCOCC3)c21. The number of rotatable bonds is 15. The summed E-state index contributed by atoms with van der Waals surface area (Å²) >= 11 is 0. The van der Waals surface area contributed by atoms with Crippen molar-refractivity contribution in [2.24, 2.45) is 11.5 Å². The van der Waals surface area contributed by atoms with Crippen molar-refractivity contribution in [1.29, 1.82) is 0 Å². The van der Waals surface area contributed by atoms with E-state index in [1.165, 1.54) is 24.7 Å². The molecule has 0 bridgehead atoms. The smallest absolute Gasteiger partial charge is 0.259 e. The molecule has 0 atom stereocenters. The van der Waals surface area contributed by atoms with Crippen molar-refractivity contribution in [1.82, 2.24) is 39.0 Å². The van der Waals surface area contributed by atoms with Gasteiger partial charge in [0.25, 0.3) is 11.8 Å². The Morgan fingerprint density at radius 3 is 2.00 bits per heavy atom. The molecule has 6 N–H and O–H groups in total. The van der Waals surface area contributed by atoms with Crippen LogP contribution in [0.4, 0.5) is 11.9 Å². The number of hydrogen-bond acceptors (Lipinski definition) is 12. The number of primary amides is 2. The highest BCUT2D eigenvalue weighted by Crippen LogP contribution is 2.31. The zero-order valence-electron chi connectivity index (χ0n) is 30.1. The van der Waals surface area contributed by atoms with E-state index >= 15 is 0 Å². The Bertz CT molecular complexity index is 2420. The first-order chi connectivity index (χ1) is 27.2. The third-order valence-electron chi connectivity index (χ3n) is 8.98. The fraction of sp³-hybridized carbons (Fsp3) is 0.237. The molecular weight excluding hydrogens is 720 g/mol. The Morgan fingerprint density at radius 2 is 1.38 bits per heavy atom. The van der Waals surface area contributed by atoms with Crippen LogP contribution in [0.1, 0.15) is 47.9 Å². The van der Waals surface area contributed by atoms with E-state index in [9.17, 15) is 19.2 Å². The molecule has 7 rings (SSSR count). The Hall–Kier alpha value is -7.05. The Balaban J connectivity index is 1.20. The van der Waals surface area contributed by atoms with E-state index in [2.05, 4.69) is 35.5 Å². The van der Waals surface area contributed by atoms with E-state index in [-0.39, 0.29) is 36.1 Å². The highest BCUT2D eigenvalue weighted by molar-refractivity contribution is 6.05. The van der Waals surface area contributed by atoms with Crippen LogP contribution in [-0.4, -0.2) is 102 Å². The van der Waals surface area contributed by atoms with Gasteiger partial charge in [0.2, 0.25) is 23.7 Å². The van der Waals surface area contributed by atoms with Crippen LogP contribution < -0.4 is 26.8 Å². The van der Waals surface area contributed by atoms with Gasteiger partial charge in [-0.15, -0.1) is 0 Å². The second-order valence-electron chi connectivity index (χ2n) is 12.7. The van der Waals surface area contributed by atoms with Crippen molar-refractivity contribution in [3.05, 3.63) is 108 Å². The quantitative estimate of drug-likeness (QED) is 0.0873. The maximum atomic E-state index is 13.3. The molecule has 286 valence electrons. The molecule has 1 aliphatic heterocycles. The zero-order valence-corrected chi connectivity index (χ0v) is 30.1. The summed E-state index contributed by atoms with van der Waals surface area (Å²) < 4.78 is 15.2. The number of morpholine rings is 1. The minimum atomic E-state index is -0.669. The van der Waals surface area contributed by atoms with Crippen LogP contribution in [0.2, 0.25) is 0 Å². The predicted molar refractivity (Wildman–Crippen MR) is 205 cm³/mol. The number of carbonyl (C=O) groups excluding carboxylic acids is 4. The van der Waals surface area contributed by atoms with Crippen LogP contribution >= 0.6 is 0 Å². The van der Waals surface area contributed by atoms with Gasteiger partial charge < -0.3 is 25.5 Å². The van der Waals surface area contributed by atoms with Gasteiger partial charge in [0.05, 0.1) is 42.0 Å². The number of carbonyl (C=O) groups is 4. The Labute approximate surface area is 319 Å². The van der Waals surface area contributed by atoms with E-state index in [1.807, 2.05) is 12.2 Å². The molecule has 0 aliphatic carbocycles. The number of nitrogens with one attached hydrogen (secondary N) is 2. The molecule has 0 unspecified atom stereocenters. The van der Waals surface area contributed by atoms with E-state index < -0.39 is 23.6 Å². The largest absolute Gasteiger partial charge is 0.491 e. The van der Waals surface area contributed by atoms with Crippen LogP contribution in [0.3, 0.4) is 0 Å². The maximum absolute atomic E-state index is 13.3. The van der Waals surface area contributed by atoms with Crippen molar-refractivity contribution in [3.63, 3.8) is 0 Å².